The molecule has 2 aromatic heterocycles. The number of rotatable bonds is 4. The zero-order valence-corrected chi connectivity index (χ0v) is 21.7. The summed E-state index contributed by atoms with van der Waals surface area (Å²) in [7, 11) is 0. The second kappa shape index (κ2) is 9.04. The Hall–Kier alpha value is -4.19. The van der Waals surface area contributed by atoms with Gasteiger partial charge in [0.1, 0.15) is 5.82 Å². The Morgan fingerprint density at radius 1 is 1.03 bits per heavy atom. The molecule has 1 N–H and O–H groups in total. The highest BCUT2D eigenvalue weighted by Gasteiger charge is 2.22. The Kier molecular flexibility index (Phi) is 5.67. The van der Waals surface area contributed by atoms with E-state index in [4.69, 9.17) is 9.51 Å². The maximum Gasteiger partial charge on any atom is 0.439 e. The Balaban J connectivity index is 1.49. The highest BCUT2D eigenvalue weighted by atomic mass is 16.5. The van der Waals surface area contributed by atoms with Gasteiger partial charge in [-0.15, -0.1) is 0 Å². The van der Waals surface area contributed by atoms with Gasteiger partial charge >= 0.3 is 5.76 Å². The molecule has 0 saturated heterocycles. The number of benzene rings is 3. The van der Waals surface area contributed by atoms with Crippen LogP contribution in [0, 0.1) is 13.8 Å². The summed E-state index contributed by atoms with van der Waals surface area (Å²) in [5, 5.41) is 3.99. The van der Waals surface area contributed by atoms with Gasteiger partial charge in [-0.25, -0.2) is 9.78 Å². The fourth-order valence-electron chi connectivity index (χ4n) is 5.75. The average molecular weight is 491 g/mol. The van der Waals surface area contributed by atoms with E-state index in [0.29, 0.717) is 5.82 Å². The lowest BCUT2D eigenvalue weighted by molar-refractivity contribution is 0.385. The van der Waals surface area contributed by atoms with E-state index in [2.05, 4.69) is 90.1 Å². The van der Waals surface area contributed by atoms with Crippen LogP contribution in [0.15, 0.2) is 63.9 Å². The molecule has 6 heteroatoms. The first-order chi connectivity index (χ1) is 17.9. The third kappa shape index (κ3) is 4.02. The molecular weight excluding hydrogens is 460 g/mol. The van der Waals surface area contributed by atoms with E-state index in [1.165, 1.54) is 44.5 Å². The summed E-state index contributed by atoms with van der Waals surface area (Å²) in [5.74, 6) is 1.03. The quantitative estimate of drug-likeness (QED) is 0.334. The number of nitrogens with one attached hydrogen (secondary N) is 1. The highest BCUT2D eigenvalue weighted by molar-refractivity contribution is 5.98. The first kappa shape index (κ1) is 23.2. The van der Waals surface area contributed by atoms with Crippen molar-refractivity contribution in [3.05, 3.63) is 116 Å². The van der Waals surface area contributed by atoms with Crippen molar-refractivity contribution in [2.45, 2.75) is 53.5 Å². The molecule has 5 aromatic rings. The van der Waals surface area contributed by atoms with Crippen LogP contribution in [0.2, 0.25) is 0 Å². The number of hydrogen-bond acceptors (Lipinski definition) is 4. The van der Waals surface area contributed by atoms with Gasteiger partial charge in [0, 0.05) is 18.5 Å². The molecule has 0 spiro atoms. The van der Waals surface area contributed by atoms with Crippen molar-refractivity contribution in [3.63, 3.8) is 0 Å². The van der Waals surface area contributed by atoms with Crippen LogP contribution in [0.5, 0.6) is 0 Å². The van der Waals surface area contributed by atoms with E-state index in [9.17, 15) is 4.79 Å². The SMILES string of the molecule is CCc1nc2c(C)cc(C)cc2n1Cc1ccc2c(c1)CCc1ccccc1/C2=C(/C)c1noc(=O)[nH]1. The number of hydrogen-bond donors (Lipinski definition) is 1. The van der Waals surface area contributed by atoms with Gasteiger partial charge in [0.15, 0.2) is 5.82 Å². The third-order valence-corrected chi connectivity index (χ3v) is 7.48. The van der Waals surface area contributed by atoms with Gasteiger partial charge in [0.25, 0.3) is 0 Å². The number of imidazole rings is 1. The van der Waals surface area contributed by atoms with Crippen LogP contribution in [-0.2, 0) is 25.8 Å². The Morgan fingerprint density at radius 3 is 2.59 bits per heavy atom. The lowest BCUT2D eigenvalue weighted by Crippen LogP contribution is -2.06. The van der Waals surface area contributed by atoms with E-state index in [0.717, 1.165) is 48.3 Å². The van der Waals surface area contributed by atoms with Crippen LogP contribution in [-0.4, -0.2) is 19.7 Å². The number of fused-ring (bicyclic) bond motifs is 3. The summed E-state index contributed by atoms with van der Waals surface area (Å²) in [6.45, 7) is 9.23. The summed E-state index contributed by atoms with van der Waals surface area (Å²) in [5.41, 5.74) is 12.9. The van der Waals surface area contributed by atoms with Crippen molar-refractivity contribution >= 4 is 22.2 Å². The molecule has 1 aliphatic rings. The maximum absolute atomic E-state index is 11.7. The number of allylic oxidation sites excluding steroid dienone is 1. The first-order valence-electron chi connectivity index (χ1n) is 12.9. The molecule has 0 amide bonds. The van der Waals surface area contributed by atoms with Crippen LogP contribution in [0.4, 0.5) is 0 Å². The minimum Gasteiger partial charge on any atom is -0.323 e. The van der Waals surface area contributed by atoms with Crippen molar-refractivity contribution < 1.29 is 4.52 Å². The van der Waals surface area contributed by atoms with Gasteiger partial charge < -0.3 is 4.57 Å². The fourth-order valence-corrected chi connectivity index (χ4v) is 5.75. The monoisotopic (exact) mass is 490 g/mol. The molecule has 3 aromatic carbocycles. The fraction of sp³-hybridized carbons (Fsp3) is 0.258. The molecule has 186 valence electrons. The van der Waals surface area contributed by atoms with Gasteiger partial charge in [0.2, 0.25) is 0 Å². The van der Waals surface area contributed by atoms with E-state index in [1.807, 2.05) is 6.92 Å². The molecule has 6 nitrogen and oxygen atoms in total. The van der Waals surface area contributed by atoms with Crippen molar-refractivity contribution in [2.24, 2.45) is 0 Å². The van der Waals surface area contributed by atoms with Crippen molar-refractivity contribution in [1.29, 1.82) is 0 Å². The van der Waals surface area contributed by atoms with E-state index >= 15 is 0 Å². The van der Waals surface area contributed by atoms with Crippen LogP contribution in [0.1, 0.15) is 64.4 Å². The predicted octanol–water partition coefficient (Wildman–Crippen LogP) is 6.02. The largest absolute Gasteiger partial charge is 0.439 e. The summed E-state index contributed by atoms with van der Waals surface area (Å²) in [4.78, 5) is 19.4. The van der Waals surface area contributed by atoms with Crippen LogP contribution in [0.3, 0.4) is 0 Å². The number of nitrogens with zero attached hydrogens (tertiary/aromatic N) is 3. The van der Waals surface area contributed by atoms with Gasteiger partial charge in [-0.1, -0.05) is 60.6 Å². The zero-order chi connectivity index (χ0) is 25.7. The highest BCUT2D eigenvalue weighted by Crippen LogP contribution is 2.38. The smallest absolute Gasteiger partial charge is 0.323 e. The number of aromatic nitrogens is 4. The maximum atomic E-state index is 11.7. The van der Waals surface area contributed by atoms with Gasteiger partial charge in [-0.3, -0.25) is 9.51 Å². The molecular formula is C31H30N4O2. The van der Waals surface area contributed by atoms with E-state index in [-0.39, 0.29) is 0 Å². The molecule has 0 radical (unpaired) electrons. The van der Waals surface area contributed by atoms with Crippen LogP contribution >= 0.6 is 0 Å². The molecule has 0 saturated carbocycles. The Bertz CT molecular complexity index is 1750. The topological polar surface area (TPSA) is 76.7 Å². The molecule has 37 heavy (non-hydrogen) atoms. The number of aromatic amines is 1. The summed E-state index contributed by atoms with van der Waals surface area (Å²) in [6.07, 6.45) is 2.77. The van der Waals surface area contributed by atoms with Crippen LogP contribution < -0.4 is 5.76 Å². The minimum atomic E-state index is -0.544. The van der Waals surface area contributed by atoms with E-state index < -0.39 is 5.76 Å². The Labute approximate surface area is 215 Å². The molecule has 2 heterocycles. The Morgan fingerprint density at radius 2 is 1.81 bits per heavy atom. The standard InChI is InChI=1S/C31H30N4O2/c1-5-27-32-29-19(3)14-18(2)15-26(29)35(27)17-21-10-13-25-23(16-21)12-11-22-8-6-7-9-24(22)28(25)20(4)30-33-31(36)37-34-30/h6-10,13-16H,5,11-12,17H2,1-4H3,(H,33,34,36)/b28-20+. The summed E-state index contributed by atoms with van der Waals surface area (Å²) >= 11 is 0. The van der Waals surface area contributed by atoms with E-state index in [1.54, 1.807) is 0 Å². The molecule has 0 atom stereocenters. The average Bonchev–Trinajstić information content (AvgIpc) is 3.43. The molecule has 0 fully saturated rings. The molecule has 0 aliphatic heterocycles. The van der Waals surface area contributed by atoms with Crippen molar-refractivity contribution in [1.82, 2.24) is 19.7 Å². The predicted molar refractivity (Wildman–Crippen MR) is 147 cm³/mol. The molecule has 1 aliphatic carbocycles. The van der Waals surface area contributed by atoms with Gasteiger partial charge in [-0.05, 0) is 84.2 Å². The molecule has 0 bridgehead atoms. The number of aryl methyl sites for hydroxylation is 5. The van der Waals surface area contributed by atoms with Crippen molar-refractivity contribution in [2.75, 3.05) is 0 Å². The van der Waals surface area contributed by atoms with Gasteiger partial charge in [-0.2, -0.15) is 0 Å². The number of H-pyrrole nitrogens is 1. The van der Waals surface area contributed by atoms with Crippen molar-refractivity contribution in [3.8, 4) is 0 Å². The van der Waals surface area contributed by atoms with Crippen LogP contribution in [0.25, 0.3) is 22.2 Å². The molecule has 0 unspecified atom stereocenters. The van der Waals surface area contributed by atoms with Gasteiger partial charge in [0.05, 0.1) is 11.0 Å². The second-order valence-corrected chi connectivity index (χ2v) is 10.0. The third-order valence-electron chi connectivity index (χ3n) is 7.48. The zero-order valence-electron chi connectivity index (χ0n) is 21.7. The summed E-state index contributed by atoms with van der Waals surface area (Å²) < 4.78 is 7.20. The normalized spacial score (nSPS) is 14.4. The summed E-state index contributed by atoms with van der Waals surface area (Å²) in [6, 6.07) is 19.7. The lowest BCUT2D eigenvalue weighted by Gasteiger charge is -2.16. The second-order valence-electron chi connectivity index (χ2n) is 10.0. The first-order valence-corrected chi connectivity index (χ1v) is 12.9. The molecule has 6 rings (SSSR count). The minimum absolute atomic E-state index is 0.468. The lowest BCUT2D eigenvalue weighted by atomic mass is 9.89.